The van der Waals surface area contributed by atoms with Crippen molar-refractivity contribution >= 4 is 26.8 Å². The first-order valence-electron chi connectivity index (χ1n) is 12.8. The number of primary amides is 1. The number of nitrogens with zero attached hydrogens (tertiary/aromatic N) is 1. The van der Waals surface area contributed by atoms with Crippen LogP contribution in [-0.4, -0.2) is 55.7 Å². The summed E-state index contributed by atoms with van der Waals surface area (Å²) < 4.78 is 33.0. The molecule has 1 saturated carbocycles. The van der Waals surface area contributed by atoms with Gasteiger partial charge >= 0.3 is 0 Å². The van der Waals surface area contributed by atoms with Crippen LogP contribution in [-0.2, 0) is 26.0 Å². The number of hydrogen-bond donors (Lipinski definition) is 2. The Morgan fingerprint density at radius 2 is 1.86 bits per heavy atom. The number of aromatic amines is 1. The maximum absolute atomic E-state index is 12.9. The van der Waals surface area contributed by atoms with Gasteiger partial charge in [0.25, 0.3) is 0 Å². The van der Waals surface area contributed by atoms with E-state index in [0.29, 0.717) is 31.5 Å². The van der Waals surface area contributed by atoms with Crippen LogP contribution in [0.3, 0.4) is 0 Å². The minimum Gasteiger partial charge on any atom is -0.380 e. The number of carbonyl (C=O) groups is 1. The maximum atomic E-state index is 12.9. The van der Waals surface area contributed by atoms with E-state index in [0.717, 1.165) is 40.4 Å². The van der Waals surface area contributed by atoms with Crippen LogP contribution in [0.1, 0.15) is 43.2 Å². The molecule has 1 aliphatic heterocycles. The fraction of sp³-hybridized carbons (Fsp3) is 0.464. The number of rotatable bonds is 10. The average molecular weight is 510 g/mol. The number of piperidine rings is 1. The van der Waals surface area contributed by atoms with E-state index >= 15 is 0 Å². The number of nitrogens with one attached hydrogen (secondary N) is 1. The molecule has 1 amide bonds. The molecule has 1 aromatic heterocycles. The highest BCUT2D eigenvalue weighted by Gasteiger charge is 2.33. The molecule has 2 aliphatic rings. The van der Waals surface area contributed by atoms with E-state index in [4.69, 9.17) is 10.5 Å². The van der Waals surface area contributed by atoms with Crippen LogP contribution in [0.15, 0.2) is 48.7 Å². The summed E-state index contributed by atoms with van der Waals surface area (Å²) >= 11 is 0. The standard InChI is InChI=1S/C28H35N3O4S/c1-19-13-24(19)18-35-11-12-36(33,34)31-9-7-21(8-10-31)26-17-30-28-23(16-27(29)32)14-22(15-25(26)28)20-5-3-2-4-6-20/h2-6,14-15,17,19,21,24,30H,7-13,16,18H2,1H3,(H2,29,32). The summed E-state index contributed by atoms with van der Waals surface area (Å²) in [6.45, 7) is 4.14. The molecule has 36 heavy (non-hydrogen) atoms. The average Bonchev–Trinajstić information content (AvgIpc) is 3.40. The van der Waals surface area contributed by atoms with Crippen LogP contribution < -0.4 is 5.73 Å². The lowest BCUT2D eigenvalue weighted by molar-refractivity contribution is -0.117. The van der Waals surface area contributed by atoms with Gasteiger partial charge in [-0.15, -0.1) is 0 Å². The van der Waals surface area contributed by atoms with E-state index in [2.05, 4.69) is 30.1 Å². The molecular formula is C28H35N3O4S. The second kappa shape index (κ2) is 10.4. The minimum absolute atomic E-state index is 0.0444. The monoisotopic (exact) mass is 509 g/mol. The molecule has 7 nitrogen and oxygen atoms in total. The smallest absolute Gasteiger partial charge is 0.221 e. The lowest BCUT2D eigenvalue weighted by Gasteiger charge is -2.31. The van der Waals surface area contributed by atoms with Crippen molar-refractivity contribution in [1.82, 2.24) is 9.29 Å². The van der Waals surface area contributed by atoms with Crippen LogP contribution in [0.5, 0.6) is 0 Å². The molecule has 2 aromatic carbocycles. The summed E-state index contributed by atoms with van der Waals surface area (Å²) in [7, 11) is -3.32. The van der Waals surface area contributed by atoms with E-state index in [1.807, 2.05) is 30.5 Å². The molecule has 8 heteroatoms. The predicted molar refractivity (Wildman–Crippen MR) is 142 cm³/mol. The van der Waals surface area contributed by atoms with Gasteiger partial charge in [-0.1, -0.05) is 37.3 Å². The number of nitrogens with two attached hydrogens (primary N) is 1. The lowest BCUT2D eigenvalue weighted by atomic mass is 9.88. The number of aromatic nitrogens is 1. The highest BCUT2D eigenvalue weighted by atomic mass is 32.2. The van der Waals surface area contributed by atoms with Crippen molar-refractivity contribution < 1.29 is 17.9 Å². The summed E-state index contributed by atoms with van der Waals surface area (Å²) in [4.78, 5) is 15.2. The minimum atomic E-state index is -3.32. The Hall–Kier alpha value is -2.68. The fourth-order valence-electron chi connectivity index (χ4n) is 5.39. The molecule has 2 heterocycles. The molecule has 192 valence electrons. The molecule has 5 rings (SSSR count). The number of fused-ring (bicyclic) bond motifs is 1. The molecule has 1 aliphatic carbocycles. The number of H-pyrrole nitrogens is 1. The van der Waals surface area contributed by atoms with Crippen molar-refractivity contribution in [3.63, 3.8) is 0 Å². The van der Waals surface area contributed by atoms with Crippen molar-refractivity contribution in [3.05, 3.63) is 59.8 Å². The molecule has 0 bridgehead atoms. The number of carbonyl (C=O) groups excluding carboxylic acids is 1. The zero-order valence-electron chi connectivity index (χ0n) is 20.8. The van der Waals surface area contributed by atoms with Crippen molar-refractivity contribution in [2.45, 2.75) is 38.5 Å². The molecule has 2 fully saturated rings. The summed E-state index contributed by atoms with van der Waals surface area (Å²) in [5, 5.41) is 1.08. The molecule has 3 aromatic rings. The second-order valence-electron chi connectivity index (χ2n) is 10.3. The molecule has 0 spiro atoms. The largest absolute Gasteiger partial charge is 0.380 e. The summed E-state index contributed by atoms with van der Waals surface area (Å²) in [5.41, 5.74) is 10.7. The van der Waals surface area contributed by atoms with E-state index < -0.39 is 10.0 Å². The predicted octanol–water partition coefficient (Wildman–Crippen LogP) is 4.04. The highest BCUT2D eigenvalue weighted by Crippen LogP contribution is 2.38. The van der Waals surface area contributed by atoms with Crippen molar-refractivity contribution in [1.29, 1.82) is 0 Å². The van der Waals surface area contributed by atoms with Gasteiger partial charge in [0.05, 0.1) is 18.8 Å². The quantitative estimate of drug-likeness (QED) is 0.402. The van der Waals surface area contributed by atoms with Crippen molar-refractivity contribution in [2.75, 3.05) is 32.1 Å². The van der Waals surface area contributed by atoms with Crippen LogP contribution >= 0.6 is 0 Å². The number of benzene rings is 2. The van der Waals surface area contributed by atoms with E-state index in [9.17, 15) is 13.2 Å². The Bertz CT molecular complexity index is 1330. The fourth-order valence-corrected chi connectivity index (χ4v) is 6.75. The van der Waals surface area contributed by atoms with Crippen LogP contribution in [0.4, 0.5) is 0 Å². The summed E-state index contributed by atoms with van der Waals surface area (Å²) in [6, 6.07) is 14.3. The van der Waals surface area contributed by atoms with Crippen molar-refractivity contribution in [2.24, 2.45) is 17.6 Å². The van der Waals surface area contributed by atoms with Gasteiger partial charge in [0.1, 0.15) is 0 Å². The SMILES string of the molecule is CC1CC1COCCS(=O)(=O)N1CCC(c2c[nH]c3c(CC(N)=O)cc(-c4ccccc4)cc23)CC1. The van der Waals surface area contributed by atoms with Gasteiger partial charge in [0, 0.05) is 36.8 Å². The van der Waals surface area contributed by atoms with Crippen LogP contribution in [0, 0.1) is 11.8 Å². The Morgan fingerprint density at radius 1 is 1.14 bits per heavy atom. The first kappa shape index (κ1) is 25.0. The van der Waals surface area contributed by atoms with E-state index in [1.165, 1.54) is 12.0 Å². The normalized spacial score (nSPS) is 21.1. The van der Waals surface area contributed by atoms with Crippen LogP contribution in [0.25, 0.3) is 22.0 Å². The van der Waals surface area contributed by atoms with Gasteiger partial charge < -0.3 is 15.5 Å². The molecular weight excluding hydrogens is 474 g/mol. The van der Waals surface area contributed by atoms with Crippen molar-refractivity contribution in [3.8, 4) is 11.1 Å². The molecule has 0 radical (unpaired) electrons. The Balaban J connectivity index is 1.30. The van der Waals surface area contributed by atoms with Gasteiger partial charge in [0.15, 0.2) is 0 Å². The van der Waals surface area contributed by atoms with Crippen LogP contribution in [0.2, 0.25) is 0 Å². The van der Waals surface area contributed by atoms with Gasteiger partial charge in [0.2, 0.25) is 15.9 Å². The third-order valence-corrected chi connectivity index (χ3v) is 9.59. The third kappa shape index (κ3) is 5.51. The summed E-state index contributed by atoms with van der Waals surface area (Å²) in [6.07, 6.45) is 4.88. The topological polar surface area (TPSA) is 105 Å². The van der Waals surface area contributed by atoms with Gasteiger partial charge in [-0.3, -0.25) is 4.79 Å². The Kier molecular flexibility index (Phi) is 7.19. The highest BCUT2D eigenvalue weighted by molar-refractivity contribution is 7.89. The molecule has 1 saturated heterocycles. The molecule has 2 unspecified atom stereocenters. The first-order valence-corrected chi connectivity index (χ1v) is 14.5. The van der Waals surface area contributed by atoms with Gasteiger partial charge in [-0.25, -0.2) is 12.7 Å². The molecule has 2 atom stereocenters. The Morgan fingerprint density at radius 3 is 2.53 bits per heavy atom. The first-order chi connectivity index (χ1) is 17.3. The Labute approximate surface area is 213 Å². The second-order valence-corrected chi connectivity index (χ2v) is 12.4. The van der Waals surface area contributed by atoms with E-state index in [1.54, 1.807) is 4.31 Å². The number of hydrogen-bond acceptors (Lipinski definition) is 4. The third-order valence-electron chi connectivity index (χ3n) is 7.76. The molecule has 3 N–H and O–H groups in total. The van der Waals surface area contributed by atoms with E-state index in [-0.39, 0.29) is 30.6 Å². The zero-order chi connectivity index (χ0) is 25.3. The van der Waals surface area contributed by atoms with Gasteiger partial charge in [-0.05, 0) is 71.4 Å². The zero-order valence-corrected chi connectivity index (χ0v) is 21.6. The number of amides is 1. The number of sulfonamides is 1. The summed E-state index contributed by atoms with van der Waals surface area (Å²) in [5.74, 6) is 1.23. The van der Waals surface area contributed by atoms with Gasteiger partial charge in [-0.2, -0.15) is 0 Å². The maximum Gasteiger partial charge on any atom is 0.221 e. The number of ether oxygens (including phenoxy) is 1. The lowest BCUT2D eigenvalue weighted by Crippen LogP contribution is -2.40.